The molecule has 1 N–H and O–H groups in total. The maximum absolute atomic E-state index is 13.7. The van der Waals surface area contributed by atoms with Gasteiger partial charge in [-0.3, -0.25) is 9.48 Å². The molecule has 0 unspecified atom stereocenters. The van der Waals surface area contributed by atoms with Gasteiger partial charge in [-0.2, -0.15) is 5.10 Å². The minimum atomic E-state index is 0.0533. The molecule has 0 bridgehead atoms. The zero-order valence-electron chi connectivity index (χ0n) is 24.3. The van der Waals surface area contributed by atoms with Crippen LogP contribution in [0.1, 0.15) is 41.6 Å². The van der Waals surface area contributed by atoms with Crippen LogP contribution < -0.4 is 10.1 Å². The number of nitrogens with one attached hydrogen (secondary N) is 1. The van der Waals surface area contributed by atoms with Gasteiger partial charge in [0.25, 0.3) is 5.91 Å². The van der Waals surface area contributed by atoms with Gasteiger partial charge >= 0.3 is 0 Å². The molecular formula is C33H37N7O2. The van der Waals surface area contributed by atoms with Gasteiger partial charge in [-0.25, -0.2) is 4.98 Å². The summed E-state index contributed by atoms with van der Waals surface area (Å²) in [4.78, 5) is 21.0. The highest BCUT2D eigenvalue weighted by molar-refractivity contribution is 6.00. The minimum absolute atomic E-state index is 0.0533. The molecule has 1 saturated carbocycles. The summed E-state index contributed by atoms with van der Waals surface area (Å²) in [6, 6.07) is 14.7. The molecule has 3 aliphatic rings. The summed E-state index contributed by atoms with van der Waals surface area (Å²) >= 11 is 0. The SMILES string of the molecule is COc1cc(C(=O)N2CC3(CCCNC3)C2)cc2nc(-c3cc4ccccc4n3CC3CC3)n(Cc3cnn(C)c3)c12. The van der Waals surface area contributed by atoms with Gasteiger partial charge in [-0.05, 0) is 62.4 Å². The van der Waals surface area contributed by atoms with Crippen molar-refractivity contribution < 1.29 is 9.53 Å². The summed E-state index contributed by atoms with van der Waals surface area (Å²) in [5.41, 5.74) is 5.93. The highest BCUT2D eigenvalue weighted by Gasteiger charge is 2.45. The number of amides is 1. The molecule has 2 aromatic carbocycles. The number of hydrogen-bond donors (Lipinski definition) is 1. The minimum Gasteiger partial charge on any atom is -0.494 e. The topological polar surface area (TPSA) is 82.1 Å². The molecule has 5 aromatic rings. The lowest BCUT2D eigenvalue weighted by atomic mass is 9.74. The molecule has 9 heteroatoms. The van der Waals surface area contributed by atoms with E-state index in [1.165, 1.54) is 36.6 Å². The third kappa shape index (κ3) is 4.29. The molecule has 216 valence electrons. The second-order valence-corrected chi connectivity index (χ2v) is 12.7. The van der Waals surface area contributed by atoms with Gasteiger partial charge in [0, 0.05) is 66.9 Å². The molecule has 0 radical (unpaired) electrons. The van der Waals surface area contributed by atoms with Crippen molar-refractivity contribution in [2.24, 2.45) is 18.4 Å². The number of carbonyl (C=O) groups excluding carboxylic acids is 1. The van der Waals surface area contributed by atoms with E-state index in [1.807, 2.05) is 41.2 Å². The summed E-state index contributed by atoms with van der Waals surface area (Å²) in [5, 5.41) is 9.15. The van der Waals surface area contributed by atoms with Crippen LogP contribution in [0.25, 0.3) is 33.5 Å². The lowest BCUT2D eigenvalue weighted by Crippen LogP contribution is -2.63. The molecule has 1 spiro atoms. The Hall–Kier alpha value is -4.11. The number of aromatic nitrogens is 5. The quantitative estimate of drug-likeness (QED) is 0.311. The van der Waals surface area contributed by atoms with Gasteiger partial charge in [0.15, 0.2) is 5.82 Å². The van der Waals surface area contributed by atoms with Crippen molar-refractivity contribution in [3.8, 4) is 17.3 Å². The van der Waals surface area contributed by atoms with E-state index < -0.39 is 0 Å². The first-order valence-electron chi connectivity index (χ1n) is 15.1. The van der Waals surface area contributed by atoms with Crippen LogP contribution in [0.3, 0.4) is 0 Å². The number of hydrogen-bond acceptors (Lipinski definition) is 5. The Morgan fingerprint density at radius 1 is 1.14 bits per heavy atom. The van der Waals surface area contributed by atoms with Crippen LogP contribution >= 0.6 is 0 Å². The number of likely N-dealkylation sites (tertiary alicyclic amines) is 1. The molecule has 1 aliphatic carbocycles. The summed E-state index contributed by atoms with van der Waals surface area (Å²) in [6.45, 7) is 5.26. The number of aryl methyl sites for hydroxylation is 1. The van der Waals surface area contributed by atoms with Gasteiger partial charge in [0.2, 0.25) is 0 Å². The lowest BCUT2D eigenvalue weighted by molar-refractivity contribution is -0.00722. The Morgan fingerprint density at radius 3 is 2.74 bits per heavy atom. The number of methoxy groups -OCH3 is 1. The zero-order chi connectivity index (χ0) is 28.4. The van der Waals surface area contributed by atoms with E-state index in [0.717, 1.165) is 60.8 Å². The van der Waals surface area contributed by atoms with E-state index in [4.69, 9.17) is 9.72 Å². The lowest BCUT2D eigenvalue weighted by Gasteiger charge is -2.52. The van der Waals surface area contributed by atoms with Crippen molar-refractivity contribution in [3.63, 3.8) is 0 Å². The number of para-hydroxylation sites is 1. The first-order valence-corrected chi connectivity index (χ1v) is 15.1. The van der Waals surface area contributed by atoms with Gasteiger partial charge in [-0.15, -0.1) is 0 Å². The second kappa shape index (κ2) is 9.73. The largest absolute Gasteiger partial charge is 0.494 e. The highest BCUT2D eigenvalue weighted by atomic mass is 16.5. The second-order valence-electron chi connectivity index (χ2n) is 12.7. The summed E-state index contributed by atoms with van der Waals surface area (Å²) in [7, 11) is 3.62. The molecular weight excluding hydrogens is 526 g/mol. The van der Waals surface area contributed by atoms with Gasteiger partial charge in [-0.1, -0.05) is 18.2 Å². The number of nitrogens with zero attached hydrogens (tertiary/aromatic N) is 6. The van der Waals surface area contributed by atoms with E-state index >= 15 is 0 Å². The maximum atomic E-state index is 13.7. The van der Waals surface area contributed by atoms with Crippen molar-refractivity contribution in [1.82, 2.24) is 34.1 Å². The van der Waals surface area contributed by atoms with Crippen molar-refractivity contribution in [2.45, 2.75) is 38.8 Å². The highest BCUT2D eigenvalue weighted by Crippen LogP contribution is 2.40. The number of imidazole rings is 1. The van der Waals surface area contributed by atoms with Crippen LogP contribution in [-0.4, -0.2) is 68.0 Å². The van der Waals surface area contributed by atoms with E-state index in [9.17, 15) is 4.79 Å². The molecule has 9 nitrogen and oxygen atoms in total. The van der Waals surface area contributed by atoms with Crippen LogP contribution in [-0.2, 0) is 20.1 Å². The Balaban J connectivity index is 1.25. The molecule has 42 heavy (non-hydrogen) atoms. The van der Waals surface area contributed by atoms with E-state index in [-0.39, 0.29) is 11.3 Å². The fourth-order valence-electron chi connectivity index (χ4n) is 7.14. The molecule has 2 saturated heterocycles. The monoisotopic (exact) mass is 563 g/mol. The molecule has 5 heterocycles. The Kier molecular flexibility index (Phi) is 5.93. The Morgan fingerprint density at radius 2 is 2.00 bits per heavy atom. The predicted molar refractivity (Wildman–Crippen MR) is 163 cm³/mol. The summed E-state index contributed by atoms with van der Waals surface area (Å²) < 4.78 is 12.5. The molecule has 8 rings (SSSR count). The summed E-state index contributed by atoms with van der Waals surface area (Å²) in [6.07, 6.45) is 8.84. The van der Waals surface area contributed by atoms with Gasteiger partial charge in [0.1, 0.15) is 11.3 Å². The third-order valence-electron chi connectivity index (χ3n) is 9.45. The van der Waals surface area contributed by atoms with Crippen molar-refractivity contribution in [2.75, 3.05) is 33.3 Å². The Bertz CT molecular complexity index is 1810. The van der Waals surface area contributed by atoms with Crippen molar-refractivity contribution in [1.29, 1.82) is 0 Å². The fourth-order valence-corrected chi connectivity index (χ4v) is 7.14. The van der Waals surface area contributed by atoms with E-state index in [0.29, 0.717) is 23.8 Å². The smallest absolute Gasteiger partial charge is 0.254 e. The van der Waals surface area contributed by atoms with Gasteiger partial charge in [0.05, 0.1) is 31.1 Å². The number of rotatable bonds is 7. The first-order chi connectivity index (χ1) is 20.5. The number of ether oxygens (including phenoxy) is 1. The molecule has 3 aromatic heterocycles. The maximum Gasteiger partial charge on any atom is 0.254 e. The number of benzene rings is 2. The fraction of sp³-hybridized carbons (Fsp3) is 0.424. The summed E-state index contributed by atoms with van der Waals surface area (Å²) in [5.74, 6) is 2.30. The van der Waals surface area contributed by atoms with Crippen LogP contribution in [0.2, 0.25) is 0 Å². The normalized spacial score (nSPS) is 18.2. The van der Waals surface area contributed by atoms with E-state index in [1.54, 1.807) is 7.11 Å². The molecule has 2 aliphatic heterocycles. The Labute approximate surface area is 245 Å². The van der Waals surface area contributed by atoms with Crippen molar-refractivity contribution >= 4 is 27.8 Å². The molecule has 1 amide bonds. The standard InChI is InChI=1S/C33H37N7O2/c1-37-16-23(15-35-37)18-40-30-26(36-31(40)28-13-24-6-3-4-7-27(24)39(28)17-22-8-9-22)12-25(14-29(30)42-2)32(41)38-20-33(21-38)10-5-11-34-19-33/h3-4,6-7,12-16,22,34H,5,8-11,17-21H2,1-2H3. The van der Waals surface area contributed by atoms with E-state index in [2.05, 4.69) is 49.9 Å². The van der Waals surface area contributed by atoms with Gasteiger partial charge < -0.3 is 24.1 Å². The molecule has 3 fully saturated rings. The van der Waals surface area contributed by atoms with Crippen LogP contribution in [0.15, 0.2) is 54.9 Å². The number of piperidine rings is 1. The first kappa shape index (κ1) is 25.6. The molecule has 0 atom stereocenters. The zero-order valence-corrected chi connectivity index (χ0v) is 24.3. The predicted octanol–water partition coefficient (Wildman–Crippen LogP) is 4.68. The van der Waals surface area contributed by atoms with Crippen LogP contribution in [0.5, 0.6) is 5.75 Å². The average molecular weight is 564 g/mol. The number of carbonyl (C=O) groups is 1. The number of fused-ring (bicyclic) bond motifs is 2. The van der Waals surface area contributed by atoms with Crippen molar-refractivity contribution in [3.05, 3.63) is 66.0 Å². The average Bonchev–Trinajstić information content (AvgIpc) is 3.45. The third-order valence-corrected chi connectivity index (χ3v) is 9.45. The van der Waals surface area contributed by atoms with Crippen LogP contribution in [0.4, 0.5) is 0 Å². The van der Waals surface area contributed by atoms with Crippen LogP contribution in [0, 0.1) is 11.3 Å².